The average Bonchev–Trinajstić information content (AvgIpc) is 2.35. The summed E-state index contributed by atoms with van der Waals surface area (Å²) in [4.78, 5) is 27.3. The Bertz CT molecular complexity index is 575. The second kappa shape index (κ2) is 6.23. The van der Waals surface area contributed by atoms with E-state index >= 15 is 0 Å². The maximum Gasteiger partial charge on any atom is 0.360 e. The van der Waals surface area contributed by atoms with E-state index in [1.807, 2.05) is 0 Å². The number of ketones is 1. The average molecular weight is 282 g/mol. The summed E-state index contributed by atoms with van der Waals surface area (Å²) in [5.41, 5.74) is 0.697. The van der Waals surface area contributed by atoms with Crippen molar-refractivity contribution in [3.05, 3.63) is 27.8 Å². The van der Waals surface area contributed by atoms with Crippen LogP contribution in [-0.2, 0) is 4.84 Å². The highest BCUT2D eigenvalue weighted by atomic mass is 35.5. The summed E-state index contributed by atoms with van der Waals surface area (Å²) in [6.45, 7) is 2.90. The zero-order valence-corrected chi connectivity index (χ0v) is 11.2. The second-order valence-electron chi connectivity index (χ2n) is 3.69. The fraction of sp³-hybridized carbons (Fsp3) is 0.231. The number of rotatable bonds is 4. The minimum absolute atomic E-state index is 0.0188. The van der Waals surface area contributed by atoms with Crippen molar-refractivity contribution in [1.82, 2.24) is 0 Å². The van der Waals surface area contributed by atoms with Crippen LogP contribution in [0.1, 0.15) is 33.2 Å². The summed E-state index contributed by atoms with van der Waals surface area (Å²) in [6, 6.07) is 1.27. The van der Waals surface area contributed by atoms with Crippen LogP contribution in [0, 0.1) is 19.3 Å². The van der Waals surface area contributed by atoms with Crippen LogP contribution in [0.2, 0.25) is 5.02 Å². The van der Waals surface area contributed by atoms with E-state index < -0.39 is 5.97 Å². The van der Waals surface area contributed by atoms with Gasteiger partial charge in [-0.1, -0.05) is 17.5 Å². The quantitative estimate of drug-likeness (QED) is 0.518. The normalized spacial score (nSPS) is 9.63. The summed E-state index contributed by atoms with van der Waals surface area (Å²) in [6.07, 6.45) is 5.10. The van der Waals surface area contributed by atoms with Gasteiger partial charge >= 0.3 is 5.97 Å². The van der Waals surface area contributed by atoms with Crippen LogP contribution in [0.25, 0.3) is 0 Å². The summed E-state index contributed by atoms with van der Waals surface area (Å²) < 4.78 is 5.28. The molecule has 0 atom stereocenters. The van der Waals surface area contributed by atoms with E-state index in [1.54, 1.807) is 6.92 Å². The van der Waals surface area contributed by atoms with Crippen molar-refractivity contribution in [3.8, 4) is 18.1 Å². The van der Waals surface area contributed by atoms with Crippen LogP contribution in [-0.4, -0.2) is 18.4 Å². The Morgan fingerprint density at radius 2 is 2.16 bits per heavy atom. The van der Waals surface area contributed by atoms with Crippen molar-refractivity contribution >= 4 is 23.4 Å². The lowest BCUT2D eigenvalue weighted by molar-refractivity contribution is 0.0498. The van der Waals surface area contributed by atoms with E-state index in [1.165, 1.54) is 13.0 Å². The van der Waals surface area contributed by atoms with Gasteiger partial charge in [-0.25, -0.2) is 4.79 Å². The largest absolute Gasteiger partial charge is 0.480 e. The van der Waals surface area contributed by atoms with Gasteiger partial charge in [0.05, 0.1) is 5.02 Å². The van der Waals surface area contributed by atoms with Crippen LogP contribution < -0.4 is 10.6 Å². The number of Topliss-reactive ketones (excluding diaryl/α,β-unsaturated/α-hetero) is 1. The van der Waals surface area contributed by atoms with Gasteiger partial charge in [0.2, 0.25) is 0 Å². The highest BCUT2D eigenvalue weighted by Gasteiger charge is 2.23. The molecule has 1 aromatic rings. The fourth-order valence-electron chi connectivity index (χ4n) is 1.71. The Hall–Kier alpha value is -2.03. The Kier molecular flexibility index (Phi) is 4.93. The van der Waals surface area contributed by atoms with Crippen LogP contribution in [0.15, 0.2) is 6.07 Å². The molecule has 0 aliphatic rings. The first kappa shape index (κ1) is 15.0. The molecule has 0 unspecified atom stereocenters. The Balaban J connectivity index is 3.52. The standard InChI is InChI=1S/C13H12ClNO4/c1-4-5-18-12-7(2)11(8(3)16)10(14)6-9(12)13(17)19-15/h1,6H,5,15H2,2-3H3. The first-order chi connectivity index (χ1) is 8.93. The first-order valence-corrected chi connectivity index (χ1v) is 5.63. The van der Waals surface area contributed by atoms with E-state index in [-0.39, 0.29) is 34.3 Å². The summed E-state index contributed by atoms with van der Waals surface area (Å²) >= 11 is 5.97. The first-order valence-electron chi connectivity index (χ1n) is 5.25. The monoisotopic (exact) mass is 281 g/mol. The Morgan fingerprint density at radius 1 is 1.53 bits per heavy atom. The van der Waals surface area contributed by atoms with Crippen LogP contribution in [0.3, 0.4) is 0 Å². The molecular formula is C13H12ClNO4. The third-order valence-corrected chi connectivity index (χ3v) is 2.75. The van der Waals surface area contributed by atoms with Crippen LogP contribution in [0.5, 0.6) is 5.75 Å². The van der Waals surface area contributed by atoms with Crippen molar-refractivity contribution in [2.45, 2.75) is 13.8 Å². The molecule has 0 aliphatic heterocycles. The lowest BCUT2D eigenvalue weighted by atomic mass is 10.0. The molecule has 0 saturated carbocycles. The predicted molar refractivity (Wildman–Crippen MR) is 70.1 cm³/mol. The molecule has 6 heteroatoms. The number of terminal acetylenes is 1. The van der Waals surface area contributed by atoms with Gasteiger partial charge in [0, 0.05) is 11.1 Å². The summed E-state index contributed by atoms with van der Waals surface area (Å²) in [7, 11) is 0. The number of benzene rings is 1. The van der Waals surface area contributed by atoms with E-state index in [2.05, 4.69) is 10.8 Å². The molecule has 100 valence electrons. The van der Waals surface area contributed by atoms with Gasteiger partial charge in [-0.2, -0.15) is 5.90 Å². The molecule has 19 heavy (non-hydrogen) atoms. The van der Waals surface area contributed by atoms with Crippen LogP contribution >= 0.6 is 11.6 Å². The SMILES string of the molecule is C#CCOc1c(C(=O)ON)cc(Cl)c(C(C)=O)c1C. The predicted octanol–water partition coefficient (Wildman–Crippen LogP) is 1.89. The van der Waals surface area contributed by atoms with Gasteiger partial charge in [0.1, 0.15) is 17.9 Å². The number of halogens is 1. The summed E-state index contributed by atoms with van der Waals surface area (Å²) in [5.74, 6) is 6.18. The van der Waals surface area contributed by atoms with Gasteiger partial charge in [-0.3, -0.25) is 4.79 Å². The molecule has 1 aromatic carbocycles. The summed E-state index contributed by atoms with van der Waals surface area (Å²) in [5, 5.41) is 0.124. The molecule has 1 rings (SSSR count). The van der Waals surface area contributed by atoms with Crippen molar-refractivity contribution in [3.63, 3.8) is 0 Å². The van der Waals surface area contributed by atoms with Crippen molar-refractivity contribution < 1.29 is 19.2 Å². The highest BCUT2D eigenvalue weighted by molar-refractivity contribution is 6.34. The number of hydrogen-bond donors (Lipinski definition) is 1. The van der Waals surface area contributed by atoms with Gasteiger partial charge in [0.15, 0.2) is 5.78 Å². The van der Waals surface area contributed by atoms with Gasteiger partial charge < -0.3 is 9.57 Å². The van der Waals surface area contributed by atoms with E-state index in [4.69, 9.17) is 28.7 Å². The fourth-order valence-corrected chi connectivity index (χ4v) is 2.09. The Morgan fingerprint density at radius 3 is 2.63 bits per heavy atom. The minimum atomic E-state index is -0.827. The van der Waals surface area contributed by atoms with Crippen molar-refractivity contribution in [1.29, 1.82) is 0 Å². The minimum Gasteiger partial charge on any atom is -0.480 e. The number of ether oxygens (including phenoxy) is 1. The molecule has 2 N–H and O–H groups in total. The number of hydrogen-bond acceptors (Lipinski definition) is 5. The molecule has 0 heterocycles. The van der Waals surface area contributed by atoms with Gasteiger partial charge in [-0.05, 0) is 19.9 Å². The number of carbonyl (C=O) groups is 2. The molecule has 0 saturated heterocycles. The third-order valence-electron chi connectivity index (χ3n) is 2.45. The third kappa shape index (κ3) is 3.05. The molecular weight excluding hydrogens is 270 g/mol. The lowest BCUT2D eigenvalue weighted by Crippen LogP contribution is -2.14. The van der Waals surface area contributed by atoms with Gasteiger partial charge in [-0.15, -0.1) is 6.42 Å². The van der Waals surface area contributed by atoms with E-state index in [0.717, 1.165) is 0 Å². The zero-order valence-electron chi connectivity index (χ0n) is 10.5. The molecule has 0 amide bonds. The molecule has 0 aromatic heterocycles. The number of nitrogens with two attached hydrogens (primary N) is 1. The van der Waals surface area contributed by atoms with E-state index in [0.29, 0.717) is 5.56 Å². The smallest absolute Gasteiger partial charge is 0.360 e. The topological polar surface area (TPSA) is 78.6 Å². The lowest BCUT2D eigenvalue weighted by Gasteiger charge is -2.15. The molecule has 0 fully saturated rings. The van der Waals surface area contributed by atoms with Crippen molar-refractivity contribution in [2.75, 3.05) is 6.61 Å². The maximum absolute atomic E-state index is 11.6. The molecule has 5 nitrogen and oxygen atoms in total. The van der Waals surface area contributed by atoms with E-state index in [9.17, 15) is 9.59 Å². The number of carbonyl (C=O) groups excluding carboxylic acids is 2. The molecule has 0 radical (unpaired) electrons. The van der Waals surface area contributed by atoms with Crippen molar-refractivity contribution in [2.24, 2.45) is 5.90 Å². The van der Waals surface area contributed by atoms with Crippen LogP contribution in [0.4, 0.5) is 0 Å². The molecule has 0 bridgehead atoms. The zero-order chi connectivity index (χ0) is 14.6. The molecule has 0 aliphatic carbocycles. The highest BCUT2D eigenvalue weighted by Crippen LogP contribution is 2.33. The maximum atomic E-state index is 11.6. The second-order valence-corrected chi connectivity index (χ2v) is 4.10. The molecule has 0 spiro atoms. The van der Waals surface area contributed by atoms with Gasteiger partial charge in [0.25, 0.3) is 0 Å². The Labute approximate surface area is 115 Å².